The fraction of sp³-hybridized carbons (Fsp3) is 0.407. The molecular formula is C27H38. The molecule has 0 aliphatic carbocycles. The Morgan fingerprint density at radius 2 is 1.48 bits per heavy atom. The van der Waals surface area contributed by atoms with Crippen molar-refractivity contribution < 1.29 is 0 Å². The van der Waals surface area contributed by atoms with E-state index in [9.17, 15) is 0 Å². The van der Waals surface area contributed by atoms with Crippen LogP contribution in [0.4, 0.5) is 0 Å². The van der Waals surface area contributed by atoms with Crippen molar-refractivity contribution in [3.63, 3.8) is 0 Å². The summed E-state index contributed by atoms with van der Waals surface area (Å²) >= 11 is 0. The molecule has 0 aliphatic rings. The summed E-state index contributed by atoms with van der Waals surface area (Å²) in [5, 5.41) is 0. The van der Waals surface area contributed by atoms with Crippen LogP contribution in [-0.2, 0) is 0 Å². The molecule has 0 heteroatoms. The molecule has 146 valence electrons. The van der Waals surface area contributed by atoms with Crippen molar-refractivity contribution >= 4 is 0 Å². The molecule has 0 aliphatic heterocycles. The van der Waals surface area contributed by atoms with Crippen molar-refractivity contribution in [2.45, 2.75) is 74.1 Å². The van der Waals surface area contributed by atoms with E-state index in [4.69, 9.17) is 0 Å². The van der Waals surface area contributed by atoms with E-state index < -0.39 is 0 Å². The van der Waals surface area contributed by atoms with E-state index >= 15 is 0 Å². The smallest absolute Gasteiger partial charge is 0.0349 e. The topological polar surface area (TPSA) is 0 Å². The molecule has 0 radical (unpaired) electrons. The minimum atomic E-state index is 0.142. The zero-order chi connectivity index (χ0) is 20.9. The highest BCUT2D eigenvalue weighted by molar-refractivity contribution is 5.58. The van der Waals surface area contributed by atoms with Gasteiger partial charge in [-0.05, 0) is 82.7 Å². The van der Waals surface area contributed by atoms with Crippen molar-refractivity contribution in [1.82, 2.24) is 0 Å². The van der Waals surface area contributed by atoms with Crippen LogP contribution >= 0.6 is 0 Å². The Balaban J connectivity index is 3.95. The largest absolute Gasteiger partial charge is 0.0958 e. The highest BCUT2D eigenvalue weighted by Gasteiger charge is 2.27. The lowest BCUT2D eigenvalue weighted by atomic mass is 9.73. The average Bonchev–Trinajstić information content (AvgIpc) is 2.53. The van der Waals surface area contributed by atoms with Crippen molar-refractivity contribution in [2.24, 2.45) is 0 Å². The van der Waals surface area contributed by atoms with Gasteiger partial charge in [0.25, 0.3) is 0 Å². The van der Waals surface area contributed by atoms with Gasteiger partial charge in [0.15, 0.2) is 0 Å². The van der Waals surface area contributed by atoms with Gasteiger partial charge in [0.2, 0.25) is 0 Å². The number of hydrogen-bond acceptors (Lipinski definition) is 0. The Morgan fingerprint density at radius 1 is 0.889 bits per heavy atom. The van der Waals surface area contributed by atoms with Crippen molar-refractivity contribution in [1.29, 1.82) is 0 Å². The SMILES string of the molecule is C=C(CCC)C(=C(C)C)C(/C(C(=C)C)=C(\C)C(=C)C)c1ccc(C)cc1C. The van der Waals surface area contributed by atoms with Crippen LogP contribution in [0.2, 0.25) is 0 Å². The molecular weight excluding hydrogens is 324 g/mol. The van der Waals surface area contributed by atoms with Gasteiger partial charge in [-0.1, -0.05) is 79.1 Å². The summed E-state index contributed by atoms with van der Waals surface area (Å²) in [6, 6.07) is 6.78. The van der Waals surface area contributed by atoms with Crippen LogP contribution in [0.5, 0.6) is 0 Å². The minimum Gasteiger partial charge on any atom is -0.0958 e. The monoisotopic (exact) mass is 362 g/mol. The van der Waals surface area contributed by atoms with Crippen LogP contribution in [0.15, 0.2) is 76.9 Å². The Hall–Kier alpha value is -2.08. The van der Waals surface area contributed by atoms with Crippen molar-refractivity contribution in [2.75, 3.05) is 0 Å². The van der Waals surface area contributed by atoms with Crippen LogP contribution in [0, 0.1) is 13.8 Å². The zero-order valence-electron chi connectivity index (χ0n) is 18.8. The average molecular weight is 363 g/mol. The first-order valence-corrected chi connectivity index (χ1v) is 9.98. The molecule has 0 nitrogen and oxygen atoms in total. The summed E-state index contributed by atoms with van der Waals surface area (Å²) in [5.41, 5.74) is 12.6. The second kappa shape index (κ2) is 9.74. The molecule has 0 fully saturated rings. The van der Waals surface area contributed by atoms with Crippen LogP contribution in [-0.4, -0.2) is 0 Å². The van der Waals surface area contributed by atoms with Gasteiger partial charge in [0.05, 0.1) is 0 Å². The second-order valence-electron chi connectivity index (χ2n) is 8.16. The molecule has 0 amide bonds. The Morgan fingerprint density at radius 3 is 1.89 bits per heavy atom. The number of allylic oxidation sites excluding steroid dienone is 7. The predicted octanol–water partition coefficient (Wildman–Crippen LogP) is 8.55. The third-order valence-electron chi connectivity index (χ3n) is 5.29. The van der Waals surface area contributed by atoms with Gasteiger partial charge in [0, 0.05) is 5.92 Å². The molecule has 0 bridgehead atoms. The van der Waals surface area contributed by atoms with Gasteiger partial charge < -0.3 is 0 Å². The first-order chi connectivity index (χ1) is 12.5. The lowest BCUT2D eigenvalue weighted by molar-refractivity contribution is 0.837. The van der Waals surface area contributed by atoms with Gasteiger partial charge in [-0.2, -0.15) is 0 Å². The maximum atomic E-state index is 4.47. The molecule has 1 atom stereocenters. The molecule has 0 N–H and O–H groups in total. The Labute approximate surface area is 168 Å². The van der Waals surface area contributed by atoms with Gasteiger partial charge in [-0.3, -0.25) is 0 Å². The first kappa shape index (κ1) is 23.0. The summed E-state index contributed by atoms with van der Waals surface area (Å²) < 4.78 is 0. The summed E-state index contributed by atoms with van der Waals surface area (Å²) in [7, 11) is 0. The van der Waals surface area contributed by atoms with E-state index in [2.05, 4.69) is 93.3 Å². The van der Waals surface area contributed by atoms with Gasteiger partial charge >= 0.3 is 0 Å². The summed E-state index contributed by atoms with van der Waals surface area (Å²) in [4.78, 5) is 0. The van der Waals surface area contributed by atoms with Gasteiger partial charge in [-0.15, -0.1) is 0 Å². The molecule has 1 unspecified atom stereocenters. The van der Waals surface area contributed by atoms with E-state index in [1.165, 1.54) is 44.6 Å². The Kier molecular flexibility index (Phi) is 8.28. The zero-order valence-corrected chi connectivity index (χ0v) is 18.8. The van der Waals surface area contributed by atoms with Gasteiger partial charge in [0.1, 0.15) is 0 Å². The standard InChI is InChI=1S/C27H38/c1-12-13-21(9)25(18(4)5)27(24-15-14-20(8)16-22(24)10)26(19(6)7)23(11)17(2)3/h14-16,27H,2,6,9,12-13H2,1,3-5,7-8,10-11H3/b26-23+. The van der Waals surface area contributed by atoms with Crippen molar-refractivity contribution in [3.8, 4) is 0 Å². The molecule has 0 saturated heterocycles. The number of aryl methyl sites for hydroxylation is 2. The summed E-state index contributed by atoms with van der Waals surface area (Å²) in [6.45, 7) is 30.4. The minimum absolute atomic E-state index is 0.142. The van der Waals surface area contributed by atoms with E-state index in [0.29, 0.717) is 0 Å². The molecule has 27 heavy (non-hydrogen) atoms. The van der Waals surface area contributed by atoms with Gasteiger partial charge in [-0.25, -0.2) is 0 Å². The molecule has 1 aromatic carbocycles. The maximum absolute atomic E-state index is 4.47. The molecule has 1 aromatic rings. The van der Waals surface area contributed by atoms with E-state index in [-0.39, 0.29) is 5.92 Å². The van der Waals surface area contributed by atoms with E-state index in [1.807, 2.05) is 0 Å². The molecule has 0 saturated carbocycles. The number of rotatable bonds is 8. The molecule has 0 heterocycles. The lowest BCUT2D eigenvalue weighted by Gasteiger charge is -2.31. The number of hydrogen-bond donors (Lipinski definition) is 0. The van der Waals surface area contributed by atoms with Crippen LogP contribution in [0.1, 0.15) is 77.0 Å². The van der Waals surface area contributed by atoms with E-state index in [1.54, 1.807) is 0 Å². The summed E-state index contributed by atoms with van der Waals surface area (Å²) in [6.07, 6.45) is 2.11. The molecule has 0 spiro atoms. The number of benzene rings is 1. The third kappa shape index (κ3) is 5.45. The quantitative estimate of drug-likeness (QED) is 0.406. The lowest BCUT2D eigenvalue weighted by Crippen LogP contribution is -2.14. The molecule has 1 rings (SSSR count). The third-order valence-corrected chi connectivity index (χ3v) is 5.29. The van der Waals surface area contributed by atoms with Crippen LogP contribution in [0.3, 0.4) is 0 Å². The van der Waals surface area contributed by atoms with Crippen molar-refractivity contribution in [3.05, 3.63) is 93.6 Å². The Bertz CT molecular complexity index is 804. The predicted molar refractivity (Wildman–Crippen MR) is 123 cm³/mol. The highest BCUT2D eigenvalue weighted by Crippen LogP contribution is 2.44. The van der Waals surface area contributed by atoms with E-state index in [0.717, 1.165) is 24.0 Å². The molecule has 0 aromatic heterocycles. The fourth-order valence-corrected chi connectivity index (χ4v) is 3.90. The second-order valence-corrected chi connectivity index (χ2v) is 8.16. The summed E-state index contributed by atoms with van der Waals surface area (Å²) in [5.74, 6) is 0.142. The normalized spacial score (nSPS) is 12.9. The van der Waals surface area contributed by atoms with Crippen LogP contribution < -0.4 is 0 Å². The fourth-order valence-electron chi connectivity index (χ4n) is 3.90. The van der Waals surface area contributed by atoms with Crippen LogP contribution in [0.25, 0.3) is 0 Å². The first-order valence-electron chi connectivity index (χ1n) is 9.98. The highest BCUT2D eigenvalue weighted by atomic mass is 14.3. The maximum Gasteiger partial charge on any atom is 0.0349 e.